The van der Waals surface area contributed by atoms with Gasteiger partial charge < -0.3 is 15.8 Å². The molecule has 2 aromatic rings. The van der Waals surface area contributed by atoms with Crippen LogP contribution in [0.1, 0.15) is 30.5 Å². The van der Waals surface area contributed by atoms with Crippen molar-refractivity contribution in [2.75, 3.05) is 25.9 Å². The van der Waals surface area contributed by atoms with Crippen molar-refractivity contribution < 1.29 is 4.74 Å². The number of hydrogen-bond acceptors (Lipinski definition) is 6. The summed E-state index contributed by atoms with van der Waals surface area (Å²) in [5.41, 5.74) is 8.14. The van der Waals surface area contributed by atoms with Crippen LogP contribution in [0.3, 0.4) is 0 Å². The predicted molar refractivity (Wildman–Crippen MR) is 94.7 cm³/mol. The Kier molecular flexibility index (Phi) is 5.27. The molecule has 24 heavy (non-hydrogen) atoms. The molecule has 3 rings (SSSR count). The van der Waals surface area contributed by atoms with E-state index in [9.17, 15) is 0 Å². The number of nitrogens with zero attached hydrogens (tertiary/aromatic N) is 3. The maximum absolute atomic E-state index is 5.95. The summed E-state index contributed by atoms with van der Waals surface area (Å²) in [6.45, 7) is 5.00. The van der Waals surface area contributed by atoms with Crippen LogP contribution in [0, 0.1) is 0 Å². The number of hydrogen-bond donors (Lipinski definition) is 2. The van der Waals surface area contributed by atoms with E-state index in [1.54, 1.807) is 7.11 Å². The van der Waals surface area contributed by atoms with E-state index in [1.807, 2.05) is 0 Å². The lowest BCUT2D eigenvalue weighted by Crippen LogP contribution is -2.33. The van der Waals surface area contributed by atoms with Gasteiger partial charge in [-0.05, 0) is 18.9 Å². The highest BCUT2D eigenvalue weighted by Crippen LogP contribution is 2.25. The summed E-state index contributed by atoms with van der Waals surface area (Å²) in [5.74, 6) is 1.02. The van der Waals surface area contributed by atoms with Gasteiger partial charge in [-0.1, -0.05) is 30.3 Å². The largest absolute Gasteiger partial charge is 0.481 e. The Morgan fingerprint density at radius 3 is 2.88 bits per heavy atom. The van der Waals surface area contributed by atoms with Crippen molar-refractivity contribution in [1.82, 2.24) is 20.2 Å². The molecule has 6 heteroatoms. The number of nitrogens with two attached hydrogens (primary N) is 1. The van der Waals surface area contributed by atoms with E-state index < -0.39 is 0 Å². The lowest BCUT2D eigenvalue weighted by atomic mass is 10.1. The number of likely N-dealkylation sites (tertiary alicyclic amines) is 1. The fourth-order valence-electron chi connectivity index (χ4n) is 3.25. The van der Waals surface area contributed by atoms with Crippen LogP contribution in [0.5, 0.6) is 5.88 Å². The van der Waals surface area contributed by atoms with E-state index >= 15 is 0 Å². The van der Waals surface area contributed by atoms with E-state index in [0.29, 0.717) is 30.3 Å². The molecule has 1 aromatic heterocycles. The van der Waals surface area contributed by atoms with Gasteiger partial charge >= 0.3 is 0 Å². The molecule has 0 radical (unpaired) electrons. The molecule has 0 unspecified atom stereocenters. The molecule has 2 atom stereocenters. The molecule has 1 saturated heterocycles. The van der Waals surface area contributed by atoms with Gasteiger partial charge in [0.2, 0.25) is 5.88 Å². The summed E-state index contributed by atoms with van der Waals surface area (Å²) in [6, 6.07) is 11.5. The predicted octanol–water partition coefficient (Wildman–Crippen LogP) is 1.99. The quantitative estimate of drug-likeness (QED) is 0.845. The summed E-state index contributed by atoms with van der Waals surface area (Å²) >= 11 is 0. The molecule has 1 aliphatic rings. The maximum atomic E-state index is 5.95. The summed E-state index contributed by atoms with van der Waals surface area (Å²) in [5, 5.41) is 3.57. The number of aromatic nitrogens is 2. The highest BCUT2D eigenvalue weighted by molar-refractivity contribution is 5.44. The van der Waals surface area contributed by atoms with Gasteiger partial charge in [-0.2, -0.15) is 0 Å². The molecule has 0 aliphatic carbocycles. The van der Waals surface area contributed by atoms with E-state index in [-0.39, 0.29) is 0 Å². The molecular weight excluding hydrogens is 302 g/mol. The SMILES string of the molecule is COc1ncnc(N)c1CN[C@H]1CCN([C@H](C)c2ccccc2)C1. The Balaban J connectivity index is 1.57. The second kappa shape index (κ2) is 7.59. The zero-order valence-corrected chi connectivity index (χ0v) is 14.3. The summed E-state index contributed by atoms with van der Waals surface area (Å²) in [4.78, 5) is 10.7. The molecule has 128 valence electrons. The van der Waals surface area contributed by atoms with Gasteiger partial charge in [0.1, 0.15) is 12.1 Å². The number of nitrogens with one attached hydrogen (secondary N) is 1. The fourth-order valence-corrected chi connectivity index (χ4v) is 3.25. The van der Waals surface area contributed by atoms with Gasteiger partial charge in [0, 0.05) is 31.7 Å². The molecule has 1 aliphatic heterocycles. The third kappa shape index (κ3) is 3.66. The Morgan fingerprint density at radius 2 is 2.12 bits per heavy atom. The average Bonchev–Trinajstić information content (AvgIpc) is 3.09. The number of benzene rings is 1. The first kappa shape index (κ1) is 16.7. The van der Waals surface area contributed by atoms with E-state index in [2.05, 4.69) is 57.4 Å². The number of anilines is 1. The molecule has 6 nitrogen and oxygen atoms in total. The van der Waals surface area contributed by atoms with Gasteiger partial charge in [-0.3, -0.25) is 4.90 Å². The van der Waals surface area contributed by atoms with Crippen LogP contribution in [0.25, 0.3) is 0 Å². The van der Waals surface area contributed by atoms with Gasteiger partial charge in [0.15, 0.2) is 0 Å². The van der Waals surface area contributed by atoms with Crippen LogP contribution in [0.2, 0.25) is 0 Å². The third-order valence-electron chi connectivity index (χ3n) is 4.75. The zero-order valence-electron chi connectivity index (χ0n) is 14.3. The third-order valence-corrected chi connectivity index (χ3v) is 4.75. The smallest absolute Gasteiger partial charge is 0.222 e. The molecule has 2 heterocycles. The van der Waals surface area contributed by atoms with Crippen molar-refractivity contribution in [1.29, 1.82) is 0 Å². The normalized spacial score (nSPS) is 19.3. The minimum atomic E-state index is 0.428. The fraction of sp³-hybridized carbons (Fsp3) is 0.444. The van der Waals surface area contributed by atoms with Crippen molar-refractivity contribution in [2.45, 2.75) is 32.0 Å². The van der Waals surface area contributed by atoms with Crippen molar-refractivity contribution in [2.24, 2.45) is 0 Å². The molecule has 0 saturated carbocycles. The minimum absolute atomic E-state index is 0.428. The van der Waals surface area contributed by atoms with Gasteiger partial charge in [0.05, 0.1) is 12.7 Å². The molecule has 3 N–H and O–H groups in total. The Hall–Kier alpha value is -2.18. The van der Waals surface area contributed by atoms with E-state index in [0.717, 1.165) is 25.1 Å². The van der Waals surface area contributed by atoms with Crippen molar-refractivity contribution in [3.8, 4) is 5.88 Å². The number of rotatable bonds is 6. The van der Waals surface area contributed by atoms with Crippen LogP contribution in [-0.4, -0.2) is 41.1 Å². The number of ether oxygens (including phenoxy) is 1. The highest BCUT2D eigenvalue weighted by Gasteiger charge is 2.26. The van der Waals surface area contributed by atoms with Crippen molar-refractivity contribution >= 4 is 5.82 Å². The van der Waals surface area contributed by atoms with Crippen LogP contribution in [-0.2, 0) is 6.54 Å². The Bertz CT molecular complexity index is 664. The topological polar surface area (TPSA) is 76.3 Å². The van der Waals surface area contributed by atoms with Gasteiger partial charge in [0.25, 0.3) is 0 Å². The number of methoxy groups -OCH3 is 1. The molecule has 0 bridgehead atoms. The first-order valence-corrected chi connectivity index (χ1v) is 8.34. The van der Waals surface area contributed by atoms with E-state index in [1.165, 1.54) is 11.9 Å². The first-order chi connectivity index (χ1) is 11.7. The van der Waals surface area contributed by atoms with Crippen LogP contribution >= 0.6 is 0 Å². The lowest BCUT2D eigenvalue weighted by Gasteiger charge is -2.25. The highest BCUT2D eigenvalue weighted by atomic mass is 16.5. The minimum Gasteiger partial charge on any atom is -0.481 e. The summed E-state index contributed by atoms with van der Waals surface area (Å²) in [6.07, 6.45) is 2.55. The average molecular weight is 327 g/mol. The summed E-state index contributed by atoms with van der Waals surface area (Å²) < 4.78 is 5.28. The second-order valence-electron chi connectivity index (χ2n) is 6.19. The molecular formula is C18H25N5O. The molecule has 1 aromatic carbocycles. The van der Waals surface area contributed by atoms with E-state index in [4.69, 9.17) is 10.5 Å². The Morgan fingerprint density at radius 1 is 1.33 bits per heavy atom. The monoisotopic (exact) mass is 327 g/mol. The number of nitrogen functional groups attached to an aromatic ring is 1. The van der Waals surface area contributed by atoms with Crippen LogP contribution in [0.4, 0.5) is 5.82 Å². The van der Waals surface area contributed by atoms with Crippen molar-refractivity contribution in [3.05, 3.63) is 47.8 Å². The summed E-state index contributed by atoms with van der Waals surface area (Å²) in [7, 11) is 1.60. The van der Waals surface area contributed by atoms with Gasteiger partial charge in [-0.25, -0.2) is 9.97 Å². The van der Waals surface area contributed by atoms with Gasteiger partial charge in [-0.15, -0.1) is 0 Å². The molecule has 1 fully saturated rings. The van der Waals surface area contributed by atoms with Crippen molar-refractivity contribution in [3.63, 3.8) is 0 Å². The molecule has 0 spiro atoms. The van der Waals surface area contributed by atoms with Crippen LogP contribution < -0.4 is 15.8 Å². The lowest BCUT2D eigenvalue weighted by molar-refractivity contribution is 0.255. The molecule has 0 amide bonds. The Labute approximate surface area is 143 Å². The van der Waals surface area contributed by atoms with Crippen LogP contribution in [0.15, 0.2) is 36.7 Å². The zero-order chi connectivity index (χ0) is 16.9. The standard InChI is InChI=1S/C18H25N5O/c1-13(14-6-4-3-5-7-14)23-9-8-15(11-23)20-10-16-17(19)21-12-22-18(16)24-2/h3-7,12-13,15,20H,8-11H2,1-2H3,(H2,19,21,22)/t13-,15+/m1/s1. The first-order valence-electron chi connectivity index (χ1n) is 8.34. The maximum Gasteiger partial charge on any atom is 0.222 e. The second-order valence-corrected chi connectivity index (χ2v) is 6.19.